The first-order valence-electron chi connectivity index (χ1n) is 8.39. The fourth-order valence-corrected chi connectivity index (χ4v) is 2.69. The van der Waals surface area contributed by atoms with Crippen molar-refractivity contribution in [3.05, 3.63) is 59.7 Å². The quantitative estimate of drug-likeness (QED) is 0.283. The summed E-state index contributed by atoms with van der Waals surface area (Å²) < 4.78 is 76.2. The number of halogens is 6. The van der Waals surface area contributed by atoms with E-state index in [4.69, 9.17) is 24.4 Å². The molecule has 0 aliphatic carbocycles. The van der Waals surface area contributed by atoms with Crippen molar-refractivity contribution >= 4 is 46.0 Å². The fourth-order valence-electron chi connectivity index (χ4n) is 2.25. The van der Waals surface area contributed by atoms with Crippen LogP contribution in [0.15, 0.2) is 48.5 Å². The summed E-state index contributed by atoms with van der Waals surface area (Å²) in [6.45, 7) is 0.518. The Balaban J connectivity index is 1.75. The van der Waals surface area contributed by atoms with Gasteiger partial charge in [0.25, 0.3) is 0 Å². The van der Waals surface area contributed by atoms with E-state index < -0.39 is 23.5 Å². The van der Waals surface area contributed by atoms with Crippen molar-refractivity contribution < 1.29 is 26.3 Å². The van der Waals surface area contributed by atoms with Crippen molar-refractivity contribution in [2.24, 2.45) is 0 Å². The number of alkyl halides is 6. The van der Waals surface area contributed by atoms with Gasteiger partial charge < -0.3 is 21.3 Å². The average molecular weight is 466 g/mol. The van der Waals surface area contributed by atoms with Crippen molar-refractivity contribution in [3.63, 3.8) is 0 Å². The van der Waals surface area contributed by atoms with Crippen molar-refractivity contribution in [2.75, 3.05) is 23.7 Å². The van der Waals surface area contributed by atoms with E-state index in [1.165, 1.54) is 24.3 Å². The molecule has 0 saturated carbocycles. The van der Waals surface area contributed by atoms with Gasteiger partial charge in [0, 0.05) is 24.5 Å². The minimum absolute atomic E-state index is 0.105. The standard InChI is InChI=1S/C18H16F6N4S2/c19-17(20,21)11-3-1-5-13(9-11)27-15(29)25-7-8-26-16(30)28-14-6-2-4-12(10-14)18(22,23)24/h1-6,9-10H,7-8H2,(H2,25,27,29)(H2,26,28,30). The highest BCUT2D eigenvalue weighted by molar-refractivity contribution is 7.80. The van der Waals surface area contributed by atoms with E-state index in [2.05, 4.69) is 21.3 Å². The first-order valence-corrected chi connectivity index (χ1v) is 9.21. The summed E-state index contributed by atoms with van der Waals surface area (Å²) >= 11 is 10.0. The third kappa shape index (κ3) is 7.67. The molecule has 0 amide bonds. The Morgan fingerprint density at radius 3 is 1.37 bits per heavy atom. The molecule has 0 fully saturated rings. The molecule has 0 heterocycles. The zero-order chi connectivity index (χ0) is 22.4. The summed E-state index contributed by atoms with van der Waals surface area (Å²) in [6.07, 6.45) is -8.92. The van der Waals surface area contributed by atoms with E-state index >= 15 is 0 Å². The van der Waals surface area contributed by atoms with Crippen molar-refractivity contribution in [1.82, 2.24) is 10.6 Å². The number of rotatable bonds is 5. The van der Waals surface area contributed by atoms with Crippen molar-refractivity contribution in [3.8, 4) is 0 Å². The van der Waals surface area contributed by atoms with Crippen molar-refractivity contribution in [2.45, 2.75) is 12.4 Å². The minimum atomic E-state index is -4.46. The molecule has 162 valence electrons. The van der Waals surface area contributed by atoms with Crippen LogP contribution in [0.4, 0.5) is 37.7 Å². The van der Waals surface area contributed by atoms with Gasteiger partial charge in [0.05, 0.1) is 11.1 Å². The van der Waals surface area contributed by atoms with E-state index in [9.17, 15) is 26.3 Å². The molecule has 2 aromatic carbocycles. The number of hydrogen-bond donors (Lipinski definition) is 4. The molecular weight excluding hydrogens is 450 g/mol. The molecule has 0 saturated heterocycles. The molecule has 4 nitrogen and oxygen atoms in total. The molecular formula is C18H16F6N4S2. The van der Waals surface area contributed by atoms with E-state index in [0.717, 1.165) is 24.3 Å². The predicted octanol–water partition coefficient (Wildman–Crippen LogP) is 5.00. The molecule has 0 aromatic heterocycles. The topological polar surface area (TPSA) is 48.1 Å². The van der Waals surface area contributed by atoms with Crippen LogP contribution in [0.3, 0.4) is 0 Å². The Hall–Kier alpha value is -2.60. The third-order valence-electron chi connectivity index (χ3n) is 3.59. The van der Waals surface area contributed by atoms with E-state index in [1.807, 2.05) is 0 Å². The van der Waals surface area contributed by atoms with Crippen LogP contribution in [-0.4, -0.2) is 23.3 Å². The van der Waals surface area contributed by atoms with E-state index in [0.29, 0.717) is 0 Å². The molecule has 0 bridgehead atoms. The lowest BCUT2D eigenvalue weighted by Gasteiger charge is -2.14. The van der Waals surface area contributed by atoms with Gasteiger partial charge in [-0.25, -0.2) is 0 Å². The van der Waals surface area contributed by atoms with Gasteiger partial charge in [-0.1, -0.05) is 12.1 Å². The zero-order valence-corrected chi connectivity index (χ0v) is 16.8. The first-order chi connectivity index (χ1) is 13.9. The molecule has 0 aliphatic rings. The fraction of sp³-hybridized carbons (Fsp3) is 0.222. The normalized spacial score (nSPS) is 11.5. The Morgan fingerprint density at radius 2 is 1.03 bits per heavy atom. The highest BCUT2D eigenvalue weighted by Crippen LogP contribution is 2.31. The number of anilines is 2. The second-order valence-electron chi connectivity index (χ2n) is 5.92. The summed E-state index contributed by atoms with van der Waals surface area (Å²) in [6, 6.07) is 9.15. The van der Waals surface area contributed by atoms with Gasteiger partial charge in [0.1, 0.15) is 0 Å². The summed E-state index contributed by atoms with van der Waals surface area (Å²) in [5, 5.41) is 11.0. The Bertz CT molecular complexity index is 825. The predicted molar refractivity (Wildman–Crippen MR) is 111 cm³/mol. The lowest BCUT2D eigenvalue weighted by atomic mass is 10.2. The lowest BCUT2D eigenvalue weighted by Crippen LogP contribution is -2.38. The largest absolute Gasteiger partial charge is 0.416 e. The molecule has 0 unspecified atom stereocenters. The van der Waals surface area contributed by atoms with Crippen LogP contribution in [0.25, 0.3) is 0 Å². The van der Waals surface area contributed by atoms with Crippen LogP contribution >= 0.6 is 24.4 Å². The van der Waals surface area contributed by atoms with Gasteiger partial charge in [-0.05, 0) is 60.8 Å². The zero-order valence-electron chi connectivity index (χ0n) is 15.1. The van der Waals surface area contributed by atoms with Crippen LogP contribution in [0.2, 0.25) is 0 Å². The Labute approximate surface area is 179 Å². The molecule has 0 radical (unpaired) electrons. The SMILES string of the molecule is FC(F)(F)c1cccc(NC(=S)NCCNC(=S)Nc2cccc(C(F)(F)F)c2)c1. The molecule has 30 heavy (non-hydrogen) atoms. The molecule has 2 aromatic rings. The number of hydrogen-bond acceptors (Lipinski definition) is 2. The van der Waals surface area contributed by atoms with Gasteiger partial charge in [0.15, 0.2) is 10.2 Å². The minimum Gasteiger partial charge on any atom is -0.361 e. The van der Waals surface area contributed by atoms with Crippen LogP contribution in [0.1, 0.15) is 11.1 Å². The van der Waals surface area contributed by atoms with Gasteiger partial charge in [-0.3, -0.25) is 0 Å². The maximum atomic E-state index is 12.7. The average Bonchev–Trinajstić information content (AvgIpc) is 2.64. The summed E-state index contributed by atoms with van der Waals surface area (Å²) in [7, 11) is 0. The van der Waals surface area contributed by atoms with Gasteiger partial charge in [-0.15, -0.1) is 0 Å². The smallest absolute Gasteiger partial charge is 0.361 e. The number of nitrogens with one attached hydrogen (secondary N) is 4. The number of benzene rings is 2. The number of thiocarbonyl (C=S) groups is 2. The summed E-state index contributed by atoms with van der Waals surface area (Å²) in [4.78, 5) is 0. The van der Waals surface area contributed by atoms with E-state index in [-0.39, 0.29) is 34.7 Å². The molecule has 12 heteroatoms. The van der Waals surface area contributed by atoms with Crippen LogP contribution in [0.5, 0.6) is 0 Å². The van der Waals surface area contributed by atoms with Crippen LogP contribution < -0.4 is 21.3 Å². The molecule has 0 atom stereocenters. The maximum absolute atomic E-state index is 12.7. The monoisotopic (exact) mass is 466 g/mol. The first kappa shape index (κ1) is 23.7. The van der Waals surface area contributed by atoms with Crippen LogP contribution in [-0.2, 0) is 12.4 Å². The van der Waals surface area contributed by atoms with Crippen molar-refractivity contribution in [1.29, 1.82) is 0 Å². The molecule has 2 rings (SSSR count). The van der Waals surface area contributed by atoms with Gasteiger partial charge >= 0.3 is 12.4 Å². The molecule has 4 N–H and O–H groups in total. The summed E-state index contributed by atoms with van der Waals surface area (Å²) in [5.41, 5.74) is -1.25. The second kappa shape index (κ2) is 9.94. The Kier molecular flexibility index (Phi) is 7.84. The van der Waals surface area contributed by atoms with Gasteiger partial charge in [-0.2, -0.15) is 26.3 Å². The second-order valence-corrected chi connectivity index (χ2v) is 6.74. The summed E-state index contributed by atoms with van der Waals surface area (Å²) in [5.74, 6) is 0. The molecule has 0 spiro atoms. The van der Waals surface area contributed by atoms with Gasteiger partial charge in [0.2, 0.25) is 0 Å². The highest BCUT2D eigenvalue weighted by Gasteiger charge is 2.31. The molecule has 0 aliphatic heterocycles. The Morgan fingerprint density at radius 1 is 0.667 bits per heavy atom. The van der Waals surface area contributed by atoms with E-state index in [1.54, 1.807) is 0 Å². The lowest BCUT2D eigenvalue weighted by molar-refractivity contribution is -0.138. The van der Waals surface area contributed by atoms with Crippen LogP contribution in [0, 0.1) is 0 Å². The third-order valence-corrected chi connectivity index (χ3v) is 4.08. The highest BCUT2D eigenvalue weighted by atomic mass is 32.1. The maximum Gasteiger partial charge on any atom is 0.416 e.